The maximum atomic E-state index is 12.9. The Hall–Kier alpha value is -0.940. The van der Waals surface area contributed by atoms with Crippen LogP contribution in [0.3, 0.4) is 0 Å². The largest absolute Gasteiger partial charge is 0.314 e. The van der Waals surface area contributed by atoms with Gasteiger partial charge in [0.05, 0.1) is 9.80 Å². The van der Waals surface area contributed by atoms with Gasteiger partial charge in [-0.05, 0) is 6.07 Å². The zero-order valence-electron chi connectivity index (χ0n) is 6.83. The number of halogens is 2. The Bertz CT molecular complexity index is 426. The minimum Gasteiger partial charge on any atom is -0.314 e. The van der Waals surface area contributed by atoms with Crippen LogP contribution in [0.1, 0.15) is 5.56 Å². The second-order valence-corrected chi connectivity index (χ2v) is 4.58. The standard InChI is InChI=1S/C8H8F2O2S/c1-13(11,12)5-6-3-2-4-7(9)8(6)10/h2-5H,1H3,(H,11,12). The molecule has 0 aliphatic rings. The van der Waals surface area contributed by atoms with E-state index in [1.807, 2.05) is 0 Å². The highest BCUT2D eigenvalue weighted by molar-refractivity contribution is 7.95. The van der Waals surface area contributed by atoms with Gasteiger partial charge in [-0.1, -0.05) is 12.1 Å². The maximum absolute atomic E-state index is 12.9. The van der Waals surface area contributed by atoms with E-state index in [2.05, 4.69) is 0 Å². The van der Waals surface area contributed by atoms with Gasteiger partial charge in [-0.15, -0.1) is 0 Å². The lowest BCUT2D eigenvalue weighted by molar-refractivity contribution is 0.507. The van der Waals surface area contributed by atoms with Crippen molar-refractivity contribution in [1.82, 2.24) is 0 Å². The average Bonchev–Trinajstić information content (AvgIpc) is 1.96. The van der Waals surface area contributed by atoms with Crippen LogP contribution in [0.5, 0.6) is 0 Å². The van der Waals surface area contributed by atoms with Gasteiger partial charge >= 0.3 is 0 Å². The molecule has 72 valence electrons. The van der Waals surface area contributed by atoms with Crippen LogP contribution in [0.4, 0.5) is 8.78 Å². The number of hydrogen-bond acceptors (Lipinski definition) is 1. The molecule has 0 spiro atoms. The van der Waals surface area contributed by atoms with Crippen LogP contribution in [0, 0.1) is 11.6 Å². The Kier molecular flexibility index (Phi) is 2.68. The summed E-state index contributed by atoms with van der Waals surface area (Å²) in [5, 5.41) is 0.797. The summed E-state index contributed by atoms with van der Waals surface area (Å²) < 4.78 is 45.2. The average molecular weight is 206 g/mol. The normalized spacial score (nSPS) is 15.1. The van der Waals surface area contributed by atoms with E-state index in [1.54, 1.807) is 0 Å². The summed E-state index contributed by atoms with van der Waals surface area (Å²) in [5.41, 5.74) is -0.199. The molecule has 1 rings (SSSR count). The van der Waals surface area contributed by atoms with Gasteiger partial charge in [0.1, 0.15) is 0 Å². The molecule has 0 amide bonds. The third-order valence-electron chi connectivity index (χ3n) is 1.33. The first-order valence-electron chi connectivity index (χ1n) is 3.40. The Balaban J connectivity index is 3.34. The summed E-state index contributed by atoms with van der Waals surface area (Å²) in [7, 11) is -3.20. The van der Waals surface area contributed by atoms with E-state index >= 15 is 0 Å². The second-order valence-electron chi connectivity index (χ2n) is 2.62. The predicted molar refractivity (Wildman–Crippen MR) is 48.2 cm³/mol. The molecule has 0 bridgehead atoms. The van der Waals surface area contributed by atoms with E-state index in [4.69, 9.17) is 4.55 Å². The van der Waals surface area contributed by atoms with Crippen molar-refractivity contribution in [3.8, 4) is 0 Å². The molecule has 1 aromatic carbocycles. The van der Waals surface area contributed by atoms with Crippen molar-refractivity contribution >= 4 is 15.2 Å². The fourth-order valence-electron chi connectivity index (χ4n) is 0.847. The van der Waals surface area contributed by atoms with E-state index in [0.717, 1.165) is 17.7 Å². The van der Waals surface area contributed by atoms with Crippen LogP contribution in [0.25, 0.3) is 0 Å². The summed E-state index contributed by atoms with van der Waals surface area (Å²) >= 11 is 0. The Morgan fingerprint density at radius 2 is 2.08 bits per heavy atom. The van der Waals surface area contributed by atoms with Crippen molar-refractivity contribution in [3.63, 3.8) is 0 Å². The van der Waals surface area contributed by atoms with Gasteiger partial charge in [0, 0.05) is 17.2 Å². The van der Waals surface area contributed by atoms with Gasteiger partial charge in [-0.25, -0.2) is 13.0 Å². The van der Waals surface area contributed by atoms with E-state index in [1.165, 1.54) is 12.1 Å². The van der Waals surface area contributed by atoms with Crippen LogP contribution in [-0.4, -0.2) is 20.4 Å². The first kappa shape index (κ1) is 10.1. The lowest BCUT2D eigenvalue weighted by Crippen LogP contribution is -2.02. The highest BCUT2D eigenvalue weighted by Gasteiger charge is 2.06. The van der Waals surface area contributed by atoms with Gasteiger partial charge in [-0.3, -0.25) is 0 Å². The number of benzene rings is 1. The van der Waals surface area contributed by atoms with Gasteiger partial charge in [0.15, 0.2) is 11.6 Å². The second kappa shape index (κ2) is 3.43. The third-order valence-corrected chi connectivity index (χ3v) is 2.02. The fourth-order valence-corrected chi connectivity index (χ4v) is 1.50. The van der Waals surface area contributed by atoms with Crippen LogP contribution in [0.2, 0.25) is 0 Å². The molecule has 1 atom stereocenters. The molecule has 1 N–H and O–H groups in total. The molecule has 13 heavy (non-hydrogen) atoms. The molecule has 1 aromatic rings. The summed E-state index contributed by atoms with van der Waals surface area (Å²) in [4.78, 5) is 0. The molecule has 0 aliphatic heterocycles. The van der Waals surface area contributed by atoms with Gasteiger partial charge in [-0.2, -0.15) is 0 Å². The fraction of sp³-hybridized carbons (Fsp3) is 0.125. The molecule has 0 saturated carbocycles. The summed E-state index contributed by atoms with van der Waals surface area (Å²) in [6, 6.07) is 3.45. The van der Waals surface area contributed by atoms with Crippen LogP contribution in [-0.2, 0) is 9.80 Å². The van der Waals surface area contributed by atoms with Crippen molar-refractivity contribution in [2.45, 2.75) is 0 Å². The maximum Gasteiger partial charge on any atom is 0.166 e. The van der Waals surface area contributed by atoms with Crippen molar-refractivity contribution < 1.29 is 17.5 Å². The van der Waals surface area contributed by atoms with Gasteiger partial charge < -0.3 is 4.55 Å². The smallest absolute Gasteiger partial charge is 0.166 e. The summed E-state index contributed by atoms with van der Waals surface area (Å²) in [5.74, 6) is -2.14. The molecule has 0 aliphatic carbocycles. The van der Waals surface area contributed by atoms with Crippen LogP contribution >= 0.6 is 0 Å². The minimum absolute atomic E-state index is 0.199. The number of rotatable bonds is 1. The lowest BCUT2D eigenvalue weighted by atomic mass is 10.2. The number of hydrogen-bond donors (Lipinski definition) is 1. The van der Waals surface area contributed by atoms with E-state index in [0.29, 0.717) is 0 Å². The topological polar surface area (TPSA) is 37.3 Å². The molecule has 0 aromatic heterocycles. The predicted octanol–water partition coefficient (Wildman–Crippen LogP) is 1.50. The van der Waals surface area contributed by atoms with Crippen molar-refractivity contribution in [3.05, 3.63) is 35.4 Å². The molecule has 2 nitrogen and oxygen atoms in total. The van der Waals surface area contributed by atoms with Gasteiger partial charge in [0.2, 0.25) is 0 Å². The first-order chi connectivity index (χ1) is 5.90. The zero-order chi connectivity index (χ0) is 10.1. The van der Waals surface area contributed by atoms with Crippen molar-refractivity contribution in [2.75, 3.05) is 6.26 Å². The molecule has 0 fully saturated rings. The highest BCUT2D eigenvalue weighted by atomic mass is 32.2. The Morgan fingerprint density at radius 3 is 2.62 bits per heavy atom. The quantitative estimate of drug-likeness (QED) is 0.707. The Labute approximate surface area is 75.0 Å². The van der Waals surface area contributed by atoms with Crippen molar-refractivity contribution in [1.29, 1.82) is 0 Å². The molecular formula is C8H8F2O2S. The monoisotopic (exact) mass is 206 g/mol. The van der Waals surface area contributed by atoms with E-state index < -0.39 is 21.4 Å². The molecule has 5 heteroatoms. The molecule has 1 unspecified atom stereocenters. The molecular weight excluding hydrogens is 198 g/mol. The minimum atomic E-state index is -3.20. The lowest BCUT2D eigenvalue weighted by Gasteiger charge is -1.98. The third kappa shape index (κ3) is 2.78. The SMILES string of the molecule is CS(=O)(O)=Cc1cccc(F)c1F. The summed E-state index contributed by atoms with van der Waals surface area (Å²) in [6.07, 6.45) is 1.03. The molecule has 0 saturated heterocycles. The van der Waals surface area contributed by atoms with E-state index in [-0.39, 0.29) is 5.56 Å². The summed E-state index contributed by atoms with van der Waals surface area (Å²) in [6.45, 7) is 0. The van der Waals surface area contributed by atoms with Crippen molar-refractivity contribution in [2.24, 2.45) is 0 Å². The molecule has 0 radical (unpaired) electrons. The van der Waals surface area contributed by atoms with Crippen LogP contribution < -0.4 is 0 Å². The van der Waals surface area contributed by atoms with Gasteiger partial charge in [0.25, 0.3) is 0 Å². The zero-order valence-corrected chi connectivity index (χ0v) is 7.65. The first-order valence-corrected chi connectivity index (χ1v) is 5.39. The Morgan fingerprint density at radius 1 is 1.46 bits per heavy atom. The van der Waals surface area contributed by atoms with E-state index in [9.17, 15) is 13.0 Å². The highest BCUT2D eigenvalue weighted by Crippen LogP contribution is 2.09. The van der Waals surface area contributed by atoms with Crippen LogP contribution in [0.15, 0.2) is 18.2 Å². The molecule has 0 heterocycles.